The Morgan fingerprint density at radius 2 is 1.90 bits per heavy atom. The van der Waals surface area contributed by atoms with Crippen molar-refractivity contribution in [2.24, 2.45) is 0 Å². The Balaban J connectivity index is 3.50. The number of alkyl carbamates (subject to hydrolysis) is 1. The summed E-state index contributed by atoms with van der Waals surface area (Å²) in [5.74, 6) is 2.47. The van der Waals surface area contributed by atoms with E-state index in [-0.39, 0.29) is 6.09 Å². The molecule has 0 bridgehead atoms. The van der Waals surface area contributed by atoms with Crippen molar-refractivity contribution in [1.82, 2.24) is 5.32 Å². The Morgan fingerprint density at radius 1 is 1.25 bits per heavy atom. The highest BCUT2D eigenvalue weighted by atomic mass is 32.7. The summed E-state index contributed by atoms with van der Waals surface area (Å²) in [7, 11) is 0. The van der Waals surface area contributed by atoms with Crippen molar-refractivity contribution < 1.29 is 18.6 Å². The molecular formula is C12H26NO4PS2. The van der Waals surface area contributed by atoms with Crippen LogP contribution in [0.15, 0.2) is 0 Å². The van der Waals surface area contributed by atoms with Gasteiger partial charge in [-0.05, 0) is 27.7 Å². The SMILES string of the molecule is CCOP(C)(=O)SCCSCCNC(=O)OC(C)(C)C. The number of nitrogens with one attached hydrogen (secondary N) is 1. The fourth-order valence-corrected chi connectivity index (χ4v) is 5.48. The Hall–Kier alpha value is 0.160. The Labute approximate surface area is 130 Å². The molecule has 0 aliphatic heterocycles. The zero-order valence-corrected chi connectivity index (χ0v) is 15.5. The molecule has 0 saturated carbocycles. The Kier molecular flexibility index (Phi) is 10.1. The number of hydrogen-bond donors (Lipinski definition) is 1. The highest BCUT2D eigenvalue weighted by molar-refractivity contribution is 8.56. The largest absolute Gasteiger partial charge is 0.444 e. The van der Waals surface area contributed by atoms with Crippen molar-refractivity contribution in [3.8, 4) is 0 Å². The summed E-state index contributed by atoms with van der Waals surface area (Å²) < 4.78 is 22.1. The average Bonchev–Trinajstić information content (AvgIpc) is 2.25. The second-order valence-corrected chi connectivity index (χ2v) is 11.5. The molecule has 20 heavy (non-hydrogen) atoms. The average molecular weight is 343 g/mol. The van der Waals surface area contributed by atoms with Gasteiger partial charge in [0.1, 0.15) is 5.60 Å². The molecule has 0 aromatic heterocycles. The van der Waals surface area contributed by atoms with E-state index in [9.17, 15) is 9.36 Å². The van der Waals surface area contributed by atoms with E-state index in [0.717, 1.165) is 17.3 Å². The summed E-state index contributed by atoms with van der Waals surface area (Å²) >= 11 is 3.08. The molecule has 1 N–H and O–H groups in total. The van der Waals surface area contributed by atoms with Crippen molar-refractivity contribution in [2.75, 3.05) is 37.1 Å². The van der Waals surface area contributed by atoms with Crippen molar-refractivity contribution in [3.63, 3.8) is 0 Å². The fourth-order valence-electron chi connectivity index (χ4n) is 1.18. The third-order valence-electron chi connectivity index (χ3n) is 1.83. The minimum absolute atomic E-state index is 0.387. The molecule has 0 saturated heterocycles. The lowest BCUT2D eigenvalue weighted by Gasteiger charge is -2.19. The summed E-state index contributed by atoms with van der Waals surface area (Å²) in [5, 5.41) is 2.70. The van der Waals surface area contributed by atoms with E-state index in [1.807, 2.05) is 27.7 Å². The zero-order valence-electron chi connectivity index (χ0n) is 12.9. The van der Waals surface area contributed by atoms with E-state index < -0.39 is 12.2 Å². The molecule has 0 spiro atoms. The Bertz CT molecular complexity index is 334. The summed E-state index contributed by atoms with van der Waals surface area (Å²) in [6.45, 7) is 7.56. The lowest BCUT2D eigenvalue weighted by Crippen LogP contribution is -2.33. The van der Waals surface area contributed by atoms with Gasteiger partial charge >= 0.3 is 6.09 Å². The van der Waals surface area contributed by atoms with Crippen LogP contribution in [0.5, 0.6) is 0 Å². The van der Waals surface area contributed by atoms with Gasteiger partial charge in [0.2, 0.25) is 0 Å². The summed E-state index contributed by atoms with van der Waals surface area (Å²) in [6, 6.07) is 0. The fraction of sp³-hybridized carbons (Fsp3) is 0.917. The van der Waals surface area contributed by atoms with Crippen LogP contribution in [0.2, 0.25) is 0 Å². The zero-order chi connectivity index (χ0) is 15.6. The van der Waals surface area contributed by atoms with Crippen LogP contribution in [0.4, 0.5) is 4.79 Å². The maximum Gasteiger partial charge on any atom is 0.407 e. The first kappa shape index (κ1) is 20.2. The predicted octanol–water partition coefficient (Wildman–Crippen LogP) is 3.84. The number of carbonyl (C=O) groups excluding carboxylic acids is 1. The molecule has 0 rings (SSSR count). The summed E-state index contributed by atoms with van der Waals surface area (Å²) in [4.78, 5) is 11.4. The van der Waals surface area contributed by atoms with Crippen molar-refractivity contribution in [2.45, 2.75) is 33.3 Å². The topological polar surface area (TPSA) is 64.6 Å². The standard InChI is InChI=1S/C12H26NO4PS2/c1-6-16-18(5,15)20-10-9-19-8-7-13-11(14)17-12(2,3)4/h6-10H2,1-5H3,(H,13,14). The molecule has 120 valence electrons. The van der Waals surface area contributed by atoms with Gasteiger partial charge in [0, 0.05) is 30.5 Å². The first-order valence-electron chi connectivity index (χ1n) is 6.57. The molecule has 0 aliphatic rings. The van der Waals surface area contributed by atoms with Crippen molar-refractivity contribution in [3.05, 3.63) is 0 Å². The van der Waals surface area contributed by atoms with Gasteiger partial charge in [0.25, 0.3) is 6.57 Å². The van der Waals surface area contributed by atoms with E-state index in [1.54, 1.807) is 18.4 Å². The summed E-state index contributed by atoms with van der Waals surface area (Å²) in [5.41, 5.74) is -0.463. The number of amides is 1. The molecular weight excluding hydrogens is 317 g/mol. The van der Waals surface area contributed by atoms with Crippen LogP contribution in [0.25, 0.3) is 0 Å². The first-order valence-corrected chi connectivity index (χ1v) is 11.4. The van der Waals surface area contributed by atoms with Gasteiger partial charge in [0.15, 0.2) is 0 Å². The molecule has 0 aromatic carbocycles. The molecule has 0 aromatic rings. The molecule has 1 unspecified atom stereocenters. The van der Waals surface area contributed by atoms with Gasteiger partial charge in [-0.25, -0.2) is 4.79 Å². The van der Waals surface area contributed by atoms with E-state index in [4.69, 9.17) is 9.26 Å². The van der Waals surface area contributed by atoms with Crippen LogP contribution >= 0.6 is 29.7 Å². The van der Waals surface area contributed by atoms with E-state index >= 15 is 0 Å². The van der Waals surface area contributed by atoms with Gasteiger partial charge in [-0.3, -0.25) is 4.57 Å². The number of rotatable bonds is 9. The molecule has 1 atom stereocenters. The van der Waals surface area contributed by atoms with Gasteiger partial charge in [-0.1, -0.05) is 11.4 Å². The summed E-state index contributed by atoms with van der Waals surface area (Å²) in [6.07, 6.45) is -0.387. The highest BCUT2D eigenvalue weighted by Gasteiger charge is 2.16. The lowest BCUT2D eigenvalue weighted by molar-refractivity contribution is 0.0531. The van der Waals surface area contributed by atoms with Gasteiger partial charge in [-0.15, -0.1) is 0 Å². The van der Waals surface area contributed by atoms with Crippen LogP contribution in [0.1, 0.15) is 27.7 Å². The van der Waals surface area contributed by atoms with E-state index in [1.165, 1.54) is 11.4 Å². The second-order valence-electron chi connectivity index (χ2n) is 5.06. The van der Waals surface area contributed by atoms with Crippen LogP contribution < -0.4 is 5.32 Å². The molecule has 0 heterocycles. The normalized spacial score (nSPS) is 14.7. The first-order chi connectivity index (χ1) is 9.16. The molecule has 0 aliphatic carbocycles. The van der Waals surface area contributed by atoms with Crippen LogP contribution in [-0.2, 0) is 13.8 Å². The highest BCUT2D eigenvalue weighted by Crippen LogP contribution is 2.55. The van der Waals surface area contributed by atoms with Gasteiger partial charge < -0.3 is 14.6 Å². The van der Waals surface area contributed by atoms with Gasteiger partial charge in [0.05, 0.1) is 6.61 Å². The monoisotopic (exact) mass is 343 g/mol. The third-order valence-corrected chi connectivity index (χ3v) is 6.93. The number of ether oxygens (including phenoxy) is 1. The van der Waals surface area contributed by atoms with Crippen molar-refractivity contribution >= 4 is 35.8 Å². The predicted molar refractivity (Wildman–Crippen MR) is 89.2 cm³/mol. The molecule has 0 fully saturated rings. The minimum Gasteiger partial charge on any atom is -0.444 e. The van der Waals surface area contributed by atoms with Crippen LogP contribution in [0, 0.1) is 0 Å². The lowest BCUT2D eigenvalue weighted by atomic mass is 10.2. The maximum absolute atomic E-state index is 11.8. The molecule has 8 heteroatoms. The van der Waals surface area contributed by atoms with E-state index in [2.05, 4.69) is 5.32 Å². The maximum atomic E-state index is 11.8. The van der Waals surface area contributed by atoms with Crippen LogP contribution in [-0.4, -0.2) is 48.8 Å². The van der Waals surface area contributed by atoms with Gasteiger partial charge in [-0.2, -0.15) is 11.8 Å². The number of hydrogen-bond acceptors (Lipinski definition) is 6. The van der Waals surface area contributed by atoms with Crippen molar-refractivity contribution in [1.29, 1.82) is 0 Å². The molecule has 0 radical (unpaired) electrons. The second kappa shape index (κ2) is 9.98. The smallest absolute Gasteiger partial charge is 0.407 e. The molecule has 1 amide bonds. The quantitative estimate of drug-likeness (QED) is 0.507. The Morgan fingerprint density at radius 3 is 2.45 bits per heavy atom. The third kappa shape index (κ3) is 13.2. The number of carbonyl (C=O) groups is 1. The number of thioether (sulfide) groups is 1. The van der Waals surface area contributed by atoms with E-state index in [0.29, 0.717) is 13.2 Å². The van der Waals surface area contributed by atoms with Crippen LogP contribution in [0.3, 0.4) is 0 Å². The molecule has 5 nitrogen and oxygen atoms in total. The minimum atomic E-state index is -2.47.